The van der Waals surface area contributed by atoms with E-state index in [9.17, 15) is 9.59 Å². The van der Waals surface area contributed by atoms with Crippen molar-refractivity contribution < 1.29 is 19.1 Å². The van der Waals surface area contributed by atoms with Crippen molar-refractivity contribution in [3.05, 3.63) is 0 Å². The molecule has 0 amide bonds. The number of carbonyl (C=O) groups is 2. The van der Waals surface area contributed by atoms with Crippen molar-refractivity contribution >= 4 is 23.7 Å². The smallest absolute Gasteiger partial charge is 0.307 e. The van der Waals surface area contributed by atoms with Crippen molar-refractivity contribution in [2.24, 2.45) is 0 Å². The highest BCUT2D eigenvalue weighted by Gasteiger charge is 2.03. The summed E-state index contributed by atoms with van der Waals surface area (Å²) in [6, 6.07) is 0. The van der Waals surface area contributed by atoms with E-state index in [0.29, 0.717) is 39.1 Å². The number of esters is 2. The third-order valence-electron chi connectivity index (χ3n) is 2.03. The standard InChI is InChI=1S/C12H23NO4S/c1-3-8-16-11(14)4-6-13-7-5-12(15)17-9-10-18-2/h13H,3-10H2,1-2H3. The number of thioether (sulfide) groups is 1. The predicted octanol–water partition coefficient (Wildman–Crippen LogP) is 1.22. The van der Waals surface area contributed by atoms with E-state index in [1.807, 2.05) is 13.2 Å². The maximum Gasteiger partial charge on any atom is 0.307 e. The first-order valence-electron chi connectivity index (χ1n) is 6.21. The number of hydrogen-bond acceptors (Lipinski definition) is 6. The van der Waals surface area contributed by atoms with Crippen molar-refractivity contribution in [1.82, 2.24) is 5.32 Å². The summed E-state index contributed by atoms with van der Waals surface area (Å²) < 4.78 is 9.88. The van der Waals surface area contributed by atoms with Crippen LogP contribution in [0.1, 0.15) is 26.2 Å². The predicted molar refractivity (Wildman–Crippen MR) is 72.7 cm³/mol. The molecule has 0 aromatic rings. The summed E-state index contributed by atoms with van der Waals surface area (Å²) in [6.45, 7) is 3.94. The van der Waals surface area contributed by atoms with Gasteiger partial charge in [-0.15, -0.1) is 0 Å². The van der Waals surface area contributed by atoms with Crippen molar-refractivity contribution in [2.75, 3.05) is 38.3 Å². The van der Waals surface area contributed by atoms with Gasteiger partial charge < -0.3 is 14.8 Å². The summed E-state index contributed by atoms with van der Waals surface area (Å²) in [5, 5.41) is 3.01. The van der Waals surface area contributed by atoms with Crippen LogP contribution in [0.2, 0.25) is 0 Å². The van der Waals surface area contributed by atoms with E-state index in [1.54, 1.807) is 11.8 Å². The highest BCUT2D eigenvalue weighted by Crippen LogP contribution is 1.93. The molecule has 0 fully saturated rings. The minimum absolute atomic E-state index is 0.202. The van der Waals surface area contributed by atoms with Crippen LogP contribution in [-0.2, 0) is 19.1 Å². The van der Waals surface area contributed by atoms with Gasteiger partial charge in [0.05, 0.1) is 19.4 Å². The zero-order valence-corrected chi connectivity index (χ0v) is 12.0. The van der Waals surface area contributed by atoms with Gasteiger partial charge in [-0.05, 0) is 12.7 Å². The summed E-state index contributed by atoms with van der Waals surface area (Å²) in [4.78, 5) is 22.3. The van der Waals surface area contributed by atoms with Gasteiger partial charge in [0.2, 0.25) is 0 Å². The first kappa shape index (κ1) is 17.2. The fraction of sp³-hybridized carbons (Fsp3) is 0.833. The molecule has 5 nitrogen and oxygen atoms in total. The largest absolute Gasteiger partial charge is 0.466 e. The molecule has 6 heteroatoms. The summed E-state index contributed by atoms with van der Waals surface area (Å²) in [5.41, 5.74) is 0. The lowest BCUT2D eigenvalue weighted by Crippen LogP contribution is -2.23. The third kappa shape index (κ3) is 11.7. The topological polar surface area (TPSA) is 64.6 Å². The van der Waals surface area contributed by atoms with Gasteiger partial charge in [-0.2, -0.15) is 11.8 Å². The molecule has 0 rings (SSSR count). The van der Waals surface area contributed by atoms with E-state index in [-0.39, 0.29) is 11.9 Å². The monoisotopic (exact) mass is 277 g/mol. The highest BCUT2D eigenvalue weighted by atomic mass is 32.2. The average Bonchev–Trinajstić information content (AvgIpc) is 2.36. The van der Waals surface area contributed by atoms with E-state index in [0.717, 1.165) is 12.2 Å². The molecule has 0 radical (unpaired) electrons. The second kappa shape index (κ2) is 12.7. The second-order valence-corrected chi connectivity index (χ2v) is 4.67. The molecule has 0 aromatic carbocycles. The maximum absolute atomic E-state index is 11.2. The minimum Gasteiger partial charge on any atom is -0.466 e. The van der Waals surface area contributed by atoms with E-state index in [1.165, 1.54) is 0 Å². The molecule has 0 aliphatic heterocycles. The van der Waals surface area contributed by atoms with Crippen LogP contribution in [0.15, 0.2) is 0 Å². The van der Waals surface area contributed by atoms with Gasteiger partial charge in [0.15, 0.2) is 0 Å². The van der Waals surface area contributed by atoms with Crippen LogP contribution >= 0.6 is 11.8 Å². The van der Waals surface area contributed by atoms with Crippen molar-refractivity contribution in [2.45, 2.75) is 26.2 Å². The quantitative estimate of drug-likeness (QED) is 0.452. The molecule has 0 aliphatic rings. The van der Waals surface area contributed by atoms with Gasteiger partial charge in [0.25, 0.3) is 0 Å². The Bertz CT molecular complexity index is 236. The van der Waals surface area contributed by atoms with E-state index in [2.05, 4.69) is 5.32 Å². The molecule has 0 saturated carbocycles. The van der Waals surface area contributed by atoms with Crippen LogP contribution < -0.4 is 5.32 Å². The van der Waals surface area contributed by atoms with Gasteiger partial charge in [-0.25, -0.2) is 0 Å². The van der Waals surface area contributed by atoms with Crippen molar-refractivity contribution in [3.63, 3.8) is 0 Å². The van der Waals surface area contributed by atoms with E-state index >= 15 is 0 Å². The van der Waals surface area contributed by atoms with Gasteiger partial charge in [0.1, 0.15) is 6.61 Å². The van der Waals surface area contributed by atoms with Crippen LogP contribution in [0.3, 0.4) is 0 Å². The molecular formula is C12H23NO4S. The van der Waals surface area contributed by atoms with Crippen molar-refractivity contribution in [3.8, 4) is 0 Å². The summed E-state index contributed by atoms with van der Waals surface area (Å²) >= 11 is 1.64. The van der Waals surface area contributed by atoms with Crippen LogP contribution in [0.25, 0.3) is 0 Å². The Balaban J connectivity index is 3.28. The molecule has 18 heavy (non-hydrogen) atoms. The van der Waals surface area contributed by atoms with Crippen LogP contribution in [0.4, 0.5) is 0 Å². The minimum atomic E-state index is -0.204. The highest BCUT2D eigenvalue weighted by molar-refractivity contribution is 7.98. The molecule has 0 aliphatic carbocycles. The Morgan fingerprint density at radius 2 is 1.61 bits per heavy atom. The molecule has 0 spiro atoms. The fourth-order valence-corrected chi connectivity index (χ4v) is 1.35. The van der Waals surface area contributed by atoms with Gasteiger partial charge >= 0.3 is 11.9 Å². The molecular weight excluding hydrogens is 254 g/mol. The normalized spacial score (nSPS) is 10.1. The Kier molecular flexibility index (Phi) is 12.2. The SMILES string of the molecule is CCCOC(=O)CCNCCC(=O)OCCSC. The number of nitrogens with one attached hydrogen (secondary N) is 1. The lowest BCUT2D eigenvalue weighted by Gasteiger charge is -2.06. The summed E-state index contributed by atoms with van der Waals surface area (Å²) in [7, 11) is 0. The first-order valence-corrected chi connectivity index (χ1v) is 7.61. The molecule has 0 saturated heterocycles. The fourth-order valence-electron chi connectivity index (χ4n) is 1.10. The zero-order chi connectivity index (χ0) is 13.6. The van der Waals surface area contributed by atoms with Crippen molar-refractivity contribution in [1.29, 1.82) is 0 Å². The van der Waals surface area contributed by atoms with Crippen LogP contribution in [0.5, 0.6) is 0 Å². The summed E-state index contributed by atoms with van der Waals surface area (Å²) in [6.07, 6.45) is 3.47. The molecule has 1 N–H and O–H groups in total. The van der Waals surface area contributed by atoms with Crippen LogP contribution in [0, 0.1) is 0 Å². The lowest BCUT2D eigenvalue weighted by atomic mass is 10.4. The number of carbonyl (C=O) groups excluding carboxylic acids is 2. The van der Waals surface area contributed by atoms with E-state index < -0.39 is 0 Å². The molecule has 0 bridgehead atoms. The van der Waals surface area contributed by atoms with Crippen LogP contribution in [-0.4, -0.2) is 50.3 Å². The zero-order valence-electron chi connectivity index (χ0n) is 11.2. The van der Waals surface area contributed by atoms with Gasteiger partial charge in [-0.3, -0.25) is 9.59 Å². The molecule has 0 atom stereocenters. The Morgan fingerprint density at radius 3 is 2.11 bits per heavy atom. The number of hydrogen-bond donors (Lipinski definition) is 1. The maximum atomic E-state index is 11.2. The molecule has 0 heterocycles. The summed E-state index contributed by atoms with van der Waals surface area (Å²) in [5.74, 6) is 0.416. The Labute approximate surface area is 113 Å². The molecule has 106 valence electrons. The molecule has 0 unspecified atom stereocenters. The third-order valence-corrected chi connectivity index (χ3v) is 2.60. The molecule has 0 aromatic heterocycles. The van der Waals surface area contributed by atoms with Gasteiger partial charge in [0, 0.05) is 18.8 Å². The Hall–Kier alpha value is -0.750. The lowest BCUT2D eigenvalue weighted by molar-refractivity contribution is -0.143. The Morgan fingerprint density at radius 1 is 1.06 bits per heavy atom. The number of ether oxygens (including phenoxy) is 2. The number of rotatable bonds is 11. The first-order chi connectivity index (χ1) is 8.70. The second-order valence-electron chi connectivity index (χ2n) is 3.68. The average molecular weight is 277 g/mol. The van der Waals surface area contributed by atoms with E-state index in [4.69, 9.17) is 9.47 Å². The van der Waals surface area contributed by atoms with Gasteiger partial charge in [-0.1, -0.05) is 6.92 Å².